The van der Waals surface area contributed by atoms with Crippen LogP contribution in [0.2, 0.25) is 0 Å². The standard InChI is InChI=1S/C18H10N4O4/c19-9-15(21(23)24)17-11-5-1-2-6-12(11)18(16(10-20)22(25)26)14-8-4-3-7-13(14)17/h1-8,23-24H. The first-order valence-corrected chi connectivity index (χ1v) is 7.31. The molecular formula is C18H10N4O4. The third-order valence-electron chi connectivity index (χ3n) is 4.00. The van der Waals surface area contributed by atoms with E-state index in [0.29, 0.717) is 21.5 Å². The van der Waals surface area contributed by atoms with Gasteiger partial charge in [0.25, 0.3) is 0 Å². The van der Waals surface area contributed by atoms with E-state index in [4.69, 9.17) is 0 Å². The summed E-state index contributed by atoms with van der Waals surface area (Å²) in [5.41, 5.74) is -1.07. The van der Waals surface area contributed by atoms with E-state index in [0.717, 1.165) is 0 Å². The van der Waals surface area contributed by atoms with Gasteiger partial charge in [0.05, 0.1) is 10.1 Å². The Labute approximate surface area is 146 Å². The first-order valence-electron chi connectivity index (χ1n) is 7.31. The molecule has 0 fully saturated rings. The maximum absolute atomic E-state index is 11.4. The molecule has 2 N–H and O–H groups in total. The van der Waals surface area contributed by atoms with E-state index in [1.807, 2.05) is 0 Å². The number of nitro groups is 1. The molecule has 0 amide bonds. The number of nitriles is 2. The van der Waals surface area contributed by atoms with Crippen molar-refractivity contribution < 1.29 is 15.3 Å². The van der Waals surface area contributed by atoms with Crippen molar-refractivity contribution in [2.24, 2.45) is 0 Å². The number of nitrogens with zero attached hydrogens (tertiary/aromatic N) is 4. The molecule has 26 heavy (non-hydrogen) atoms. The van der Waals surface area contributed by atoms with Gasteiger partial charge in [-0.3, -0.25) is 20.5 Å². The van der Waals surface area contributed by atoms with Crippen molar-refractivity contribution in [3.63, 3.8) is 0 Å². The summed E-state index contributed by atoms with van der Waals surface area (Å²) in [6.07, 6.45) is 0. The summed E-state index contributed by atoms with van der Waals surface area (Å²) in [6.45, 7) is 0. The predicted molar refractivity (Wildman–Crippen MR) is 91.2 cm³/mol. The van der Waals surface area contributed by atoms with E-state index in [9.17, 15) is 31.1 Å². The molecule has 0 heterocycles. The predicted octanol–water partition coefficient (Wildman–Crippen LogP) is 1.61. The minimum absolute atomic E-state index is 0.118. The van der Waals surface area contributed by atoms with E-state index in [-0.39, 0.29) is 15.7 Å². The molecule has 0 aliphatic heterocycles. The fourth-order valence-electron chi connectivity index (χ4n) is 3.03. The molecule has 3 rings (SSSR count). The largest absolute Gasteiger partial charge is 0.353 e. The summed E-state index contributed by atoms with van der Waals surface area (Å²) < 4.78 is 0. The first kappa shape index (κ1) is 16.9. The molecule has 0 spiro atoms. The van der Waals surface area contributed by atoms with Crippen molar-refractivity contribution in [3.05, 3.63) is 69.1 Å². The number of rotatable bonds is 2. The summed E-state index contributed by atoms with van der Waals surface area (Å²) in [5.74, 6) is 0. The van der Waals surface area contributed by atoms with Crippen molar-refractivity contribution in [2.45, 2.75) is 0 Å². The van der Waals surface area contributed by atoms with Crippen LogP contribution in [0.4, 0.5) is 0 Å². The Bertz CT molecular complexity index is 1200. The van der Waals surface area contributed by atoms with Gasteiger partial charge in [-0.25, -0.2) is 0 Å². The van der Waals surface area contributed by atoms with Crippen LogP contribution in [0.1, 0.15) is 0 Å². The molecule has 126 valence electrons. The maximum atomic E-state index is 11.4. The lowest BCUT2D eigenvalue weighted by Crippen LogP contribution is -2.25. The highest BCUT2D eigenvalue weighted by Gasteiger charge is 2.19. The van der Waals surface area contributed by atoms with Crippen molar-refractivity contribution >= 4 is 32.9 Å². The van der Waals surface area contributed by atoms with Crippen LogP contribution in [0, 0.1) is 32.8 Å². The summed E-state index contributed by atoms with van der Waals surface area (Å²) in [6, 6.07) is 16.3. The van der Waals surface area contributed by atoms with E-state index in [1.165, 1.54) is 0 Å². The lowest BCUT2D eigenvalue weighted by atomic mass is 9.96. The normalized spacial score (nSPS) is 10.2. The maximum Gasteiger partial charge on any atom is 0.353 e. The van der Waals surface area contributed by atoms with Gasteiger partial charge in [0.15, 0.2) is 11.8 Å². The van der Waals surface area contributed by atoms with Crippen LogP contribution in [0.5, 0.6) is 0 Å². The molecule has 0 bridgehead atoms. The Morgan fingerprint density at radius 3 is 1.62 bits per heavy atom. The molecule has 0 saturated carbocycles. The monoisotopic (exact) mass is 346 g/mol. The van der Waals surface area contributed by atoms with Crippen LogP contribution in [0.15, 0.2) is 48.5 Å². The van der Waals surface area contributed by atoms with Crippen LogP contribution in [-0.4, -0.2) is 20.6 Å². The minimum atomic E-state index is -0.757. The topological polar surface area (TPSA) is 134 Å². The number of hydrogen-bond acceptors (Lipinski definition) is 7. The van der Waals surface area contributed by atoms with Crippen LogP contribution in [0.3, 0.4) is 0 Å². The Balaban J connectivity index is 2.90. The molecular weight excluding hydrogens is 336 g/mol. The molecule has 8 heteroatoms. The van der Waals surface area contributed by atoms with Gasteiger partial charge in [-0.05, 0) is 21.5 Å². The minimum Gasteiger partial charge on any atom is -0.263 e. The summed E-state index contributed by atoms with van der Waals surface area (Å²) in [4.78, 5) is 10.6. The van der Waals surface area contributed by atoms with Crippen LogP contribution >= 0.6 is 0 Å². The fourth-order valence-corrected chi connectivity index (χ4v) is 3.03. The molecule has 0 unspecified atom stereocenters. The van der Waals surface area contributed by atoms with Crippen LogP contribution in [0.25, 0.3) is 32.9 Å². The third kappa shape index (κ3) is 2.48. The molecule has 3 aromatic rings. The molecule has 8 nitrogen and oxygen atoms in total. The van der Waals surface area contributed by atoms with Gasteiger partial charge in [0.1, 0.15) is 6.07 Å². The van der Waals surface area contributed by atoms with Gasteiger partial charge < -0.3 is 0 Å². The van der Waals surface area contributed by atoms with Gasteiger partial charge in [-0.1, -0.05) is 48.5 Å². The van der Waals surface area contributed by atoms with Crippen molar-refractivity contribution in [2.75, 3.05) is 0 Å². The summed E-state index contributed by atoms with van der Waals surface area (Å²) in [7, 11) is 0. The van der Waals surface area contributed by atoms with Crippen molar-refractivity contribution in [3.8, 4) is 12.1 Å². The summed E-state index contributed by atoms with van der Waals surface area (Å²) >= 11 is 0. The van der Waals surface area contributed by atoms with Gasteiger partial charge in [-0.15, -0.1) is 5.23 Å². The first-order chi connectivity index (χ1) is 12.5. The Morgan fingerprint density at radius 2 is 1.31 bits per heavy atom. The van der Waals surface area contributed by atoms with E-state index in [2.05, 4.69) is 0 Å². The van der Waals surface area contributed by atoms with E-state index >= 15 is 0 Å². The smallest absolute Gasteiger partial charge is 0.263 e. The molecule has 0 atom stereocenters. The molecule has 0 saturated heterocycles. The van der Waals surface area contributed by atoms with Crippen molar-refractivity contribution in [1.82, 2.24) is 5.23 Å². The average molecular weight is 346 g/mol. The van der Waals surface area contributed by atoms with Gasteiger partial charge in [0, 0.05) is 5.22 Å². The van der Waals surface area contributed by atoms with Crippen LogP contribution in [-0.2, 0) is 0 Å². The van der Waals surface area contributed by atoms with Crippen molar-refractivity contribution in [1.29, 1.82) is 10.5 Å². The highest BCUT2D eigenvalue weighted by molar-refractivity contribution is 6.02. The van der Waals surface area contributed by atoms with E-state index < -0.39 is 16.3 Å². The molecule has 0 radical (unpaired) electrons. The average Bonchev–Trinajstić information content (AvgIpc) is 2.63. The highest BCUT2D eigenvalue weighted by Crippen LogP contribution is 2.17. The number of hydroxylamine groups is 2. The lowest BCUT2D eigenvalue weighted by molar-refractivity contribution is -0.374. The molecule has 0 aliphatic rings. The number of hydrogen-bond donors (Lipinski definition) is 2. The third-order valence-corrected chi connectivity index (χ3v) is 4.00. The molecule has 0 aromatic heterocycles. The zero-order chi connectivity index (χ0) is 18.8. The van der Waals surface area contributed by atoms with Crippen LogP contribution < -0.4 is 10.4 Å². The van der Waals surface area contributed by atoms with Gasteiger partial charge >= 0.3 is 5.70 Å². The molecule has 0 aliphatic carbocycles. The number of benzene rings is 3. The second-order valence-electron chi connectivity index (χ2n) is 5.31. The van der Waals surface area contributed by atoms with Gasteiger partial charge in [-0.2, -0.15) is 10.5 Å². The lowest BCUT2D eigenvalue weighted by Gasteiger charge is -2.11. The fraction of sp³-hybridized carbons (Fsp3) is 0. The quantitative estimate of drug-likeness (QED) is 0.409. The van der Waals surface area contributed by atoms with Gasteiger partial charge in [0.2, 0.25) is 0 Å². The highest BCUT2D eigenvalue weighted by atomic mass is 16.8. The summed E-state index contributed by atoms with van der Waals surface area (Å²) in [5, 5.41) is 50.5. The zero-order valence-corrected chi connectivity index (χ0v) is 13.1. The molecule has 3 aromatic carbocycles. The second kappa shape index (κ2) is 6.49. The Kier molecular flexibility index (Phi) is 4.21. The van der Waals surface area contributed by atoms with E-state index in [1.54, 1.807) is 60.7 Å². The number of fused-ring (bicyclic) bond motifs is 2. The Hall–Kier alpha value is -3.98. The second-order valence-corrected chi connectivity index (χ2v) is 5.31. The SMILES string of the molecule is N#CC(=c1c2ccccc2c(=C(C#N)[N+](=O)[O-])c2ccccc12)N(O)O. The Morgan fingerprint density at radius 1 is 0.885 bits per heavy atom. The zero-order valence-electron chi connectivity index (χ0n) is 13.1.